The number of aliphatic hydroxyl groups is 1. The summed E-state index contributed by atoms with van der Waals surface area (Å²) in [5.74, 6) is 0. The Kier molecular flexibility index (Phi) is 4.24. The third kappa shape index (κ3) is 3.26. The van der Waals surface area contributed by atoms with Crippen LogP contribution in [0.4, 0.5) is 0 Å². The Hall–Kier alpha value is -1.42. The number of hydrogen-bond acceptors (Lipinski definition) is 2. The quantitative estimate of drug-likeness (QED) is 0.717. The number of hydrogen-bond donors (Lipinski definition) is 1. The van der Waals surface area contributed by atoms with Gasteiger partial charge in [-0.25, -0.2) is 0 Å². The molecule has 0 amide bonds. The third-order valence-corrected chi connectivity index (χ3v) is 4.29. The number of aromatic nitrogens is 1. The number of rotatable bonds is 3. The second-order valence-corrected chi connectivity index (χ2v) is 6.23. The second-order valence-electron chi connectivity index (χ2n) is 4.91. The first kappa shape index (κ1) is 14.5. The van der Waals surface area contributed by atoms with Crippen molar-refractivity contribution >= 4 is 38.4 Å². The lowest BCUT2D eigenvalue weighted by atomic mass is 10.00. The lowest BCUT2D eigenvalue weighted by Crippen LogP contribution is -2.02. The average Bonchev–Trinajstić information content (AvgIpc) is 2.49. The van der Waals surface area contributed by atoms with Crippen LogP contribution in [0.5, 0.6) is 0 Å². The first-order valence-electron chi connectivity index (χ1n) is 6.60. The molecule has 4 heteroatoms. The molecule has 0 aliphatic heterocycles. The monoisotopic (exact) mass is 361 g/mol. The fraction of sp³-hybridized carbons (Fsp3) is 0.118. The Morgan fingerprint density at radius 3 is 2.81 bits per heavy atom. The van der Waals surface area contributed by atoms with Gasteiger partial charge < -0.3 is 5.11 Å². The molecule has 1 unspecified atom stereocenters. The van der Waals surface area contributed by atoms with Crippen molar-refractivity contribution in [3.8, 4) is 0 Å². The predicted octanol–water partition coefficient (Wildman–Crippen LogP) is 4.93. The third-order valence-electron chi connectivity index (χ3n) is 3.44. The van der Waals surface area contributed by atoms with E-state index in [1.165, 1.54) is 0 Å². The first-order valence-corrected chi connectivity index (χ1v) is 7.77. The van der Waals surface area contributed by atoms with Crippen LogP contribution in [0.25, 0.3) is 10.9 Å². The van der Waals surface area contributed by atoms with Crippen molar-refractivity contribution in [3.05, 3.63) is 75.4 Å². The molecule has 3 rings (SSSR count). The fourth-order valence-electron chi connectivity index (χ4n) is 2.31. The van der Waals surface area contributed by atoms with E-state index >= 15 is 0 Å². The van der Waals surface area contributed by atoms with E-state index < -0.39 is 6.10 Å². The summed E-state index contributed by atoms with van der Waals surface area (Å²) in [4.78, 5) is 4.28. The predicted molar refractivity (Wildman–Crippen MR) is 89.6 cm³/mol. The maximum atomic E-state index is 10.4. The van der Waals surface area contributed by atoms with Crippen LogP contribution >= 0.6 is 27.5 Å². The summed E-state index contributed by atoms with van der Waals surface area (Å²) in [6.45, 7) is 0. The first-order chi connectivity index (χ1) is 10.1. The van der Waals surface area contributed by atoms with Gasteiger partial charge in [-0.1, -0.05) is 45.7 Å². The Labute approximate surface area is 136 Å². The van der Waals surface area contributed by atoms with Crippen molar-refractivity contribution < 1.29 is 5.11 Å². The van der Waals surface area contributed by atoms with Crippen molar-refractivity contribution in [1.29, 1.82) is 0 Å². The Morgan fingerprint density at radius 2 is 2.00 bits per heavy atom. The van der Waals surface area contributed by atoms with Gasteiger partial charge in [-0.15, -0.1) is 0 Å². The molecule has 106 valence electrons. The van der Waals surface area contributed by atoms with Crippen molar-refractivity contribution in [3.63, 3.8) is 0 Å². The van der Waals surface area contributed by atoms with Crippen LogP contribution in [0.1, 0.15) is 17.2 Å². The number of nitrogens with zero attached hydrogens (tertiary/aromatic N) is 1. The standard InChI is InChI=1S/C17H13BrClNO/c18-14-5-3-11(15(19)10-14)9-17(21)13-4-6-16-12(8-13)2-1-7-20-16/h1-8,10,17,21H,9H2. The minimum absolute atomic E-state index is 0.484. The number of aliphatic hydroxyl groups excluding tert-OH is 1. The zero-order valence-electron chi connectivity index (χ0n) is 11.1. The average molecular weight is 363 g/mol. The molecule has 0 spiro atoms. The van der Waals surface area contributed by atoms with Gasteiger partial charge in [0.05, 0.1) is 11.6 Å². The van der Waals surface area contributed by atoms with Crippen LogP contribution in [-0.4, -0.2) is 10.1 Å². The number of pyridine rings is 1. The zero-order valence-corrected chi connectivity index (χ0v) is 13.5. The summed E-state index contributed by atoms with van der Waals surface area (Å²) in [6, 6.07) is 15.4. The highest BCUT2D eigenvalue weighted by atomic mass is 79.9. The van der Waals surface area contributed by atoms with Gasteiger partial charge in [0.15, 0.2) is 0 Å². The van der Waals surface area contributed by atoms with Crippen molar-refractivity contribution in [1.82, 2.24) is 4.98 Å². The van der Waals surface area contributed by atoms with Crippen LogP contribution < -0.4 is 0 Å². The van der Waals surface area contributed by atoms with Crippen LogP contribution in [-0.2, 0) is 6.42 Å². The summed E-state index contributed by atoms with van der Waals surface area (Å²) in [7, 11) is 0. The molecule has 0 aliphatic rings. The smallest absolute Gasteiger partial charge is 0.0831 e. The minimum Gasteiger partial charge on any atom is -0.388 e. The van der Waals surface area contributed by atoms with Gasteiger partial charge in [-0.3, -0.25) is 4.98 Å². The molecule has 2 nitrogen and oxygen atoms in total. The number of fused-ring (bicyclic) bond motifs is 1. The highest BCUT2D eigenvalue weighted by Gasteiger charge is 2.12. The number of benzene rings is 2. The summed E-state index contributed by atoms with van der Waals surface area (Å²) in [5.41, 5.74) is 2.73. The van der Waals surface area contributed by atoms with Gasteiger partial charge in [0.2, 0.25) is 0 Å². The maximum absolute atomic E-state index is 10.4. The summed E-state index contributed by atoms with van der Waals surface area (Å²) in [5, 5.41) is 12.1. The fourth-order valence-corrected chi connectivity index (χ4v) is 3.07. The SMILES string of the molecule is OC(Cc1ccc(Br)cc1Cl)c1ccc2ncccc2c1. The molecule has 0 fully saturated rings. The molecule has 3 aromatic rings. The molecule has 0 aliphatic carbocycles. The van der Waals surface area contributed by atoms with E-state index in [1.807, 2.05) is 48.5 Å². The largest absolute Gasteiger partial charge is 0.388 e. The molecule has 1 aromatic heterocycles. The van der Waals surface area contributed by atoms with Gasteiger partial charge in [-0.05, 0) is 41.5 Å². The summed E-state index contributed by atoms with van der Waals surface area (Å²) in [6.07, 6.45) is 1.66. The Morgan fingerprint density at radius 1 is 1.14 bits per heavy atom. The molecular formula is C17H13BrClNO. The molecule has 0 bridgehead atoms. The highest BCUT2D eigenvalue weighted by molar-refractivity contribution is 9.10. The van der Waals surface area contributed by atoms with Crippen LogP contribution in [0.15, 0.2) is 59.2 Å². The molecule has 1 N–H and O–H groups in total. The highest BCUT2D eigenvalue weighted by Crippen LogP contribution is 2.27. The normalized spacial score (nSPS) is 12.5. The van der Waals surface area contributed by atoms with E-state index in [1.54, 1.807) is 6.20 Å². The molecule has 2 aromatic carbocycles. The second kappa shape index (κ2) is 6.14. The molecule has 0 saturated carbocycles. The van der Waals surface area contributed by atoms with Crippen molar-refractivity contribution in [2.24, 2.45) is 0 Å². The molecule has 0 saturated heterocycles. The topological polar surface area (TPSA) is 33.1 Å². The van der Waals surface area contributed by atoms with Gasteiger partial charge in [0.1, 0.15) is 0 Å². The Bertz CT molecular complexity index is 791. The maximum Gasteiger partial charge on any atom is 0.0831 e. The summed E-state index contributed by atoms with van der Waals surface area (Å²) >= 11 is 9.59. The summed E-state index contributed by atoms with van der Waals surface area (Å²) < 4.78 is 0.933. The Balaban J connectivity index is 1.87. The molecule has 1 heterocycles. The van der Waals surface area contributed by atoms with Crippen LogP contribution in [0.3, 0.4) is 0 Å². The molecular weight excluding hydrogens is 350 g/mol. The van der Waals surface area contributed by atoms with E-state index in [-0.39, 0.29) is 0 Å². The minimum atomic E-state index is -0.590. The molecule has 0 radical (unpaired) electrons. The van der Waals surface area contributed by atoms with Crippen LogP contribution in [0, 0.1) is 0 Å². The lowest BCUT2D eigenvalue weighted by Gasteiger charge is -2.13. The van der Waals surface area contributed by atoms with E-state index in [0.29, 0.717) is 11.4 Å². The van der Waals surface area contributed by atoms with Gasteiger partial charge in [-0.2, -0.15) is 0 Å². The van der Waals surface area contributed by atoms with E-state index in [4.69, 9.17) is 11.6 Å². The lowest BCUT2D eigenvalue weighted by molar-refractivity contribution is 0.178. The van der Waals surface area contributed by atoms with Gasteiger partial charge in [0.25, 0.3) is 0 Å². The van der Waals surface area contributed by atoms with Crippen molar-refractivity contribution in [2.45, 2.75) is 12.5 Å². The van der Waals surface area contributed by atoms with E-state index in [0.717, 1.165) is 26.5 Å². The van der Waals surface area contributed by atoms with E-state index in [9.17, 15) is 5.11 Å². The molecule has 1 atom stereocenters. The van der Waals surface area contributed by atoms with Crippen LogP contribution in [0.2, 0.25) is 5.02 Å². The number of halogens is 2. The van der Waals surface area contributed by atoms with Gasteiger partial charge in [0, 0.05) is 27.5 Å². The van der Waals surface area contributed by atoms with Crippen molar-refractivity contribution in [2.75, 3.05) is 0 Å². The van der Waals surface area contributed by atoms with E-state index in [2.05, 4.69) is 20.9 Å². The zero-order chi connectivity index (χ0) is 14.8. The van der Waals surface area contributed by atoms with Gasteiger partial charge >= 0.3 is 0 Å². The molecule has 21 heavy (non-hydrogen) atoms.